The van der Waals surface area contributed by atoms with Crippen molar-refractivity contribution >= 4 is 17.9 Å². The Labute approximate surface area is 135 Å². The van der Waals surface area contributed by atoms with Gasteiger partial charge in [0, 0.05) is 17.9 Å². The van der Waals surface area contributed by atoms with Gasteiger partial charge >= 0.3 is 68.5 Å². The number of hydrogen-bond acceptors (Lipinski definition) is 6. The van der Waals surface area contributed by atoms with E-state index in [-0.39, 0.29) is 68.5 Å². The molecule has 0 unspecified atom stereocenters. The maximum Gasteiger partial charge on any atom is 2.00 e. The summed E-state index contributed by atoms with van der Waals surface area (Å²) in [5.41, 5.74) is 0. The van der Waals surface area contributed by atoms with Crippen LogP contribution < -0.4 is 66.7 Å². The Bertz CT molecular complexity index is 120. The molecule has 0 bridgehead atoms. The predicted molar refractivity (Wildman–Crippen MR) is 32.0 cm³/mol. The van der Waals surface area contributed by atoms with Crippen LogP contribution in [-0.2, 0) is 31.5 Å². The van der Waals surface area contributed by atoms with Crippen LogP contribution >= 0.6 is 0 Å². The summed E-state index contributed by atoms with van der Waals surface area (Å²) in [6.45, 7) is 2.92. The second-order valence-corrected chi connectivity index (χ2v) is 1.47. The van der Waals surface area contributed by atoms with Crippen LogP contribution in [0.1, 0.15) is 20.8 Å². The molecule has 0 amide bonds. The van der Waals surface area contributed by atoms with Crippen molar-refractivity contribution in [1.82, 2.24) is 0 Å². The average molecular weight is 271 g/mol. The molecular weight excluding hydrogens is 262 g/mol. The second kappa shape index (κ2) is 23.4. The fourth-order valence-electron chi connectivity index (χ4n) is 0. The summed E-state index contributed by atoms with van der Waals surface area (Å²) in [6.07, 6.45) is 0. The number of carbonyl (C=O) groups excluding carboxylic acids is 3. The third-order valence-corrected chi connectivity index (χ3v) is 0. The first-order valence-electron chi connectivity index (χ1n) is 2.72. The summed E-state index contributed by atoms with van der Waals surface area (Å²) in [6, 6.07) is 0. The van der Waals surface area contributed by atoms with E-state index in [1.165, 1.54) is 0 Å². The number of hydrogen-bond donors (Lipinski definition) is 0. The molecule has 1 radical (unpaired) electrons. The van der Waals surface area contributed by atoms with Gasteiger partial charge in [-0.3, -0.25) is 0 Å². The maximum absolute atomic E-state index is 8.89. The maximum atomic E-state index is 8.89. The van der Waals surface area contributed by atoms with Crippen LogP contribution in [0.5, 0.6) is 0 Å². The van der Waals surface area contributed by atoms with E-state index in [0.717, 1.165) is 20.8 Å². The Balaban J connectivity index is -0.0000000270. The van der Waals surface area contributed by atoms with E-state index in [4.69, 9.17) is 29.7 Å². The van der Waals surface area contributed by atoms with Crippen LogP contribution in [0, 0.1) is 0 Å². The first-order chi connectivity index (χ1) is 5.20. The summed E-state index contributed by atoms with van der Waals surface area (Å²) in [5.74, 6) is -3.25. The fourth-order valence-corrected chi connectivity index (χ4v) is 0. The Morgan fingerprint density at radius 3 is 0.714 bits per heavy atom. The third-order valence-electron chi connectivity index (χ3n) is 0. The summed E-state index contributed by atoms with van der Waals surface area (Å²) >= 11 is 0. The Kier molecular flexibility index (Phi) is 49.0. The van der Waals surface area contributed by atoms with Crippen LogP contribution in [0.2, 0.25) is 0 Å². The van der Waals surface area contributed by atoms with Crippen LogP contribution in [-0.4, -0.2) is 17.9 Å². The molecular formula is C6H9KMnO6. The molecule has 0 fully saturated rings. The van der Waals surface area contributed by atoms with Gasteiger partial charge in [-0.05, 0) is 20.8 Å². The molecule has 0 aromatic carbocycles. The number of aliphatic carboxylic acids is 3. The zero-order chi connectivity index (χ0) is 10.7. The number of carboxylic acid groups (broad SMARTS) is 3. The normalized spacial score (nSPS) is 5.36. The third kappa shape index (κ3) is 5250. The van der Waals surface area contributed by atoms with Gasteiger partial charge in [0.05, 0.1) is 0 Å². The fraction of sp³-hybridized carbons (Fsp3) is 0.500. The SMILES string of the molecule is CC(=O)[O-].CC(=O)[O-].CC(=O)[O-].[K+].[Mn+2]. The van der Waals surface area contributed by atoms with E-state index in [1.807, 2.05) is 0 Å². The van der Waals surface area contributed by atoms with Crippen LogP contribution in [0.15, 0.2) is 0 Å². The molecule has 77 valence electrons. The van der Waals surface area contributed by atoms with Crippen molar-refractivity contribution in [2.45, 2.75) is 20.8 Å². The average Bonchev–Trinajstić information content (AvgIpc) is 1.54. The molecule has 0 rings (SSSR count). The Morgan fingerprint density at radius 1 is 0.714 bits per heavy atom. The predicted octanol–water partition coefficient (Wildman–Crippen LogP) is -6.73. The van der Waals surface area contributed by atoms with E-state index >= 15 is 0 Å². The van der Waals surface area contributed by atoms with E-state index in [1.54, 1.807) is 0 Å². The molecule has 0 aliphatic heterocycles. The van der Waals surface area contributed by atoms with E-state index < -0.39 is 17.9 Å². The van der Waals surface area contributed by atoms with Gasteiger partial charge in [-0.2, -0.15) is 0 Å². The summed E-state index contributed by atoms with van der Waals surface area (Å²) in [4.78, 5) is 26.7. The molecule has 0 aromatic rings. The van der Waals surface area contributed by atoms with E-state index in [0.29, 0.717) is 0 Å². The summed E-state index contributed by atoms with van der Waals surface area (Å²) in [7, 11) is 0. The van der Waals surface area contributed by atoms with Crippen molar-refractivity contribution < 1.29 is 98.2 Å². The molecule has 14 heavy (non-hydrogen) atoms. The number of carboxylic acids is 3. The van der Waals surface area contributed by atoms with Gasteiger partial charge in [-0.25, -0.2) is 0 Å². The van der Waals surface area contributed by atoms with Gasteiger partial charge in [-0.15, -0.1) is 0 Å². The minimum atomic E-state index is -1.08. The van der Waals surface area contributed by atoms with Crippen molar-refractivity contribution in [2.75, 3.05) is 0 Å². The quantitative estimate of drug-likeness (QED) is 0.404. The first kappa shape index (κ1) is 29.3. The first-order valence-corrected chi connectivity index (χ1v) is 2.72. The topological polar surface area (TPSA) is 120 Å². The van der Waals surface area contributed by atoms with Crippen molar-refractivity contribution in [1.29, 1.82) is 0 Å². The van der Waals surface area contributed by atoms with Gasteiger partial charge < -0.3 is 29.7 Å². The van der Waals surface area contributed by atoms with Crippen molar-refractivity contribution in [3.05, 3.63) is 0 Å². The van der Waals surface area contributed by atoms with Crippen LogP contribution in [0.3, 0.4) is 0 Å². The molecule has 0 aliphatic rings. The zero-order valence-electron chi connectivity index (χ0n) is 8.33. The number of rotatable bonds is 0. The van der Waals surface area contributed by atoms with E-state index in [2.05, 4.69) is 0 Å². The molecule has 0 aromatic heterocycles. The second-order valence-electron chi connectivity index (χ2n) is 1.47. The largest absolute Gasteiger partial charge is 2.00 e. The smallest absolute Gasteiger partial charge is 0.550 e. The molecule has 0 aliphatic carbocycles. The minimum absolute atomic E-state index is 0. The van der Waals surface area contributed by atoms with Crippen molar-refractivity contribution in [2.24, 2.45) is 0 Å². The van der Waals surface area contributed by atoms with Gasteiger partial charge in [-0.1, -0.05) is 0 Å². The standard InChI is InChI=1S/3C2H4O2.K.Mn/c3*1-2(3)4;;/h3*1H3,(H,3,4);;/q;;;+1;+2/p-3. The Hall–Kier alpha value is 0.566. The van der Waals surface area contributed by atoms with Gasteiger partial charge in [0.2, 0.25) is 0 Å². The van der Waals surface area contributed by atoms with Gasteiger partial charge in [0.15, 0.2) is 0 Å². The Morgan fingerprint density at radius 2 is 0.714 bits per heavy atom. The summed E-state index contributed by atoms with van der Waals surface area (Å²) < 4.78 is 0. The molecule has 0 saturated heterocycles. The molecule has 6 nitrogen and oxygen atoms in total. The van der Waals surface area contributed by atoms with Gasteiger partial charge in [0.25, 0.3) is 0 Å². The van der Waals surface area contributed by atoms with Crippen molar-refractivity contribution in [3.63, 3.8) is 0 Å². The van der Waals surface area contributed by atoms with Crippen LogP contribution in [0.4, 0.5) is 0 Å². The summed E-state index contributed by atoms with van der Waals surface area (Å²) in [5, 5.41) is 26.7. The van der Waals surface area contributed by atoms with Gasteiger partial charge in [0.1, 0.15) is 0 Å². The molecule has 0 heterocycles. The minimum Gasteiger partial charge on any atom is -0.550 e. The number of carbonyl (C=O) groups is 3. The van der Waals surface area contributed by atoms with E-state index in [9.17, 15) is 0 Å². The monoisotopic (exact) mass is 271 g/mol. The zero-order valence-corrected chi connectivity index (χ0v) is 12.6. The molecule has 0 spiro atoms. The van der Waals surface area contributed by atoms with Crippen molar-refractivity contribution in [3.8, 4) is 0 Å². The molecule has 0 N–H and O–H groups in total. The molecule has 8 heteroatoms. The van der Waals surface area contributed by atoms with Crippen LogP contribution in [0.25, 0.3) is 0 Å². The molecule has 0 saturated carbocycles. The molecule has 0 atom stereocenters.